The van der Waals surface area contributed by atoms with Crippen molar-refractivity contribution in [1.29, 1.82) is 0 Å². The summed E-state index contributed by atoms with van der Waals surface area (Å²) in [5, 5.41) is 13.8. The molecule has 1 N–H and O–H groups in total. The van der Waals surface area contributed by atoms with Gasteiger partial charge in [-0.2, -0.15) is 0 Å². The second kappa shape index (κ2) is 10.3. The van der Waals surface area contributed by atoms with Gasteiger partial charge >= 0.3 is 5.69 Å². The van der Waals surface area contributed by atoms with Crippen molar-refractivity contribution in [1.82, 2.24) is 5.32 Å². The number of benzene rings is 2. The van der Waals surface area contributed by atoms with Crippen molar-refractivity contribution < 1.29 is 23.9 Å². The van der Waals surface area contributed by atoms with Crippen molar-refractivity contribution in [2.75, 3.05) is 20.3 Å². The van der Waals surface area contributed by atoms with E-state index in [4.69, 9.17) is 14.2 Å². The van der Waals surface area contributed by atoms with Crippen LogP contribution in [0.1, 0.15) is 32.4 Å². The maximum atomic E-state index is 12.2. The van der Waals surface area contributed by atoms with Crippen LogP contribution in [0.4, 0.5) is 5.69 Å². The summed E-state index contributed by atoms with van der Waals surface area (Å²) in [5.74, 6) is 1.27. The Labute approximate surface area is 169 Å². The topological polar surface area (TPSA) is 99.9 Å². The van der Waals surface area contributed by atoms with Gasteiger partial charge in [0.1, 0.15) is 0 Å². The molecule has 0 heterocycles. The Kier molecular flexibility index (Phi) is 7.82. The lowest BCUT2D eigenvalue weighted by molar-refractivity contribution is -0.385. The molecule has 0 aliphatic rings. The molecular formula is C21H26N2O6. The van der Waals surface area contributed by atoms with Crippen molar-refractivity contribution in [3.05, 3.63) is 58.1 Å². The van der Waals surface area contributed by atoms with Crippen LogP contribution in [0.25, 0.3) is 0 Å². The minimum Gasteiger partial charge on any atom is -0.493 e. The van der Waals surface area contributed by atoms with Crippen molar-refractivity contribution in [2.24, 2.45) is 5.92 Å². The zero-order valence-corrected chi connectivity index (χ0v) is 17.0. The lowest BCUT2D eigenvalue weighted by Gasteiger charge is -2.18. The molecule has 0 aliphatic heterocycles. The van der Waals surface area contributed by atoms with Gasteiger partial charge in [-0.3, -0.25) is 14.9 Å². The average Bonchev–Trinajstić information content (AvgIpc) is 2.70. The van der Waals surface area contributed by atoms with Gasteiger partial charge in [0.15, 0.2) is 23.9 Å². The third kappa shape index (κ3) is 6.38. The van der Waals surface area contributed by atoms with E-state index in [1.807, 2.05) is 25.1 Å². The maximum Gasteiger partial charge on any atom is 0.310 e. The number of nitro benzene ring substituents is 1. The molecule has 0 saturated heterocycles. The number of methoxy groups -OCH3 is 1. The number of nitro groups is 1. The summed E-state index contributed by atoms with van der Waals surface area (Å²) in [6.07, 6.45) is 0. The van der Waals surface area contributed by atoms with Gasteiger partial charge in [0, 0.05) is 6.07 Å². The van der Waals surface area contributed by atoms with Crippen LogP contribution < -0.4 is 19.5 Å². The van der Waals surface area contributed by atoms with E-state index in [1.54, 1.807) is 13.2 Å². The molecule has 156 valence electrons. The Morgan fingerprint density at radius 1 is 1.07 bits per heavy atom. The van der Waals surface area contributed by atoms with Crippen LogP contribution in [0.3, 0.4) is 0 Å². The number of nitrogens with zero attached hydrogens (tertiary/aromatic N) is 1. The number of nitrogens with one attached hydrogen (secondary N) is 1. The Hall–Kier alpha value is -3.29. The second-order valence-corrected chi connectivity index (χ2v) is 6.92. The number of amides is 1. The van der Waals surface area contributed by atoms with Crippen molar-refractivity contribution in [3.8, 4) is 17.2 Å². The highest BCUT2D eigenvalue weighted by Gasteiger charge is 2.17. The number of ether oxygens (including phenoxy) is 3. The lowest BCUT2D eigenvalue weighted by Crippen LogP contribution is -2.31. The van der Waals surface area contributed by atoms with Gasteiger partial charge in [-0.05, 0) is 36.6 Å². The monoisotopic (exact) mass is 402 g/mol. The molecule has 1 amide bonds. The van der Waals surface area contributed by atoms with Crippen LogP contribution in [-0.2, 0) is 4.79 Å². The van der Waals surface area contributed by atoms with E-state index in [2.05, 4.69) is 19.2 Å². The van der Waals surface area contributed by atoms with Gasteiger partial charge in [0.05, 0.1) is 24.7 Å². The molecule has 0 saturated carbocycles. The molecule has 0 spiro atoms. The minimum atomic E-state index is -0.551. The van der Waals surface area contributed by atoms with Crippen molar-refractivity contribution >= 4 is 11.6 Å². The Balaban J connectivity index is 1.98. The Morgan fingerprint density at radius 2 is 1.79 bits per heavy atom. The van der Waals surface area contributed by atoms with E-state index in [0.717, 1.165) is 5.56 Å². The summed E-state index contributed by atoms with van der Waals surface area (Å²) in [7, 11) is 1.56. The molecule has 0 aliphatic carbocycles. The summed E-state index contributed by atoms with van der Waals surface area (Å²) in [6.45, 7) is 6.19. The second-order valence-electron chi connectivity index (χ2n) is 6.92. The number of hydrogen-bond acceptors (Lipinski definition) is 6. The molecule has 0 radical (unpaired) electrons. The van der Waals surface area contributed by atoms with Crippen LogP contribution in [0.15, 0.2) is 42.5 Å². The zero-order chi connectivity index (χ0) is 21.4. The molecule has 0 aromatic heterocycles. The predicted octanol–water partition coefficient (Wildman–Crippen LogP) is 3.89. The van der Waals surface area contributed by atoms with Gasteiger partial charge in [0.2, 0.25) is 0 Å². The zero-order valence-electron chi connectivity index (χ0n) is 17.0. The fraction of sp³-hybridized carbons (Fsp3) is 0.381. The minimum absolute atomic E-state index is 0.0497. The Morgan fingerprint density at radius 3 is 2.45 bits per heavy atom. The smallest absolute Gasteiger partial charge is 0.310 e. The molecule has 2 aromatic rings. The van der Waals surface area contributed by atoms with Crippen molar-refractivity contribution in [2.45, 2.75) is 26.8 Å². The van der Waals surface area contributed by atoms with E-state index in [9.17, 15) is 14.9 Å². The number of carbonyl (C=O) groups excluding carboxylic acids is 1. The predicted molar refractivity (Wildman–Crippen MR) is 108 cm³/mol. The largest absolute Gasteiger partial charge is 0.493 e. The summed E-state index contributed by atoms with van der Waals surface area (Å²) in [4.78, 5) is 22.7. The molecule has 29 heavy (non-hydrogen) atoms. The fourth-order valence-corrected chi connectivity index (χ4v) is 2.57. The quantitative estimate of drug-likeness (QED) is 0.478. The van der Waals surface area contributed by atoms with E-state index in [-0.39, 0.29) is 24.1 Å². The molecule has 0 bridgehead atoms. The number of carbonyl (C=O) groups is 1. The van der Waals surface area contributed by atoms with Gasteiger partial charge < -0.3 is 19.5 Å². The third-order valence-corrected chi connectivity index (χ3v) is 4.06. The van der Waals surface area contributed by atoms with Gasteiger partial charge in [-0.25, -0.2) is 0 Å². The first-order valence-corrected chi connectivity index (χ1v) is 9.28. The SMILES string of the molecule is COc1cc(C(C)NC(=O)COc2ccccc2[N+](=O)[O-])ccc1OCC(C)C. The summed E-state index contributed by atoms with van der Waals surface area (Å²) >= 11 is 0. The van der Waals surface area contributed by atoms with Gasteiger partial charge in [-0.15, -0.1) is 0 Å². The van der Waals surface area contributed by atoms with Crippen LogP contribution in [0.2, 0.25) is 0 Å². The molecule has 8 nitrogen and oxygen atoms in total. The van der Waals surface area contributed by atoms with E-state index in [1.165, 1.54) is 18.2 Å². The van der Waals surface area contributed by atoms with Crippen LogP contribution in [0.5, 0.6) is 17.2 Å². The number of para-hydroxylation sites is 2. The maximum absolute atomic E-state index is 12.2. The molecule has 8 heteroatoms. The lowest BCUT2D eigenvalue weighted by atomic mass is 10.1. The standard InChI is InChI=1S/C21H26N2O6/c1-14(2)12-28-19-10-9-16(11-20(19)27-4)15(3)22-21(24)13-29-18-8-6-5-7-17(18)23(25)26/h5-11,14-15H,12-13H2,1-4H3,(H,22,24). The molecule has 1 atom stereocenters. The fourth-order valence-electron chi connectivity index (χ4n) is 2.57. The molecule has 0 fully saturated rings. The van der Waals surface area contributed by atoms with Crippen LogP contribution >= 0.6 is 0 Å². The number of rotatable bonds is 10. The molecule has 1 unspecified atom stereocenters. The first-order valence-electron chi connectivity index (χ1n) is 9.28. The Bertz CT molecular complexity index is 853. The van der Waals surface area contributed by atoms with Gasteiger partial charge in [-0.1, -0.05) is 32.0 Å². The summed E-state index contributed by atoms with van der Waals surface area (Å²) < 4.78 is 16.4. The molecular weight excluding hydrogens is 376 g/mol. The van der Waals surface area contributed by atoms with E-state index >= 15 is 0 Å². The highest BCUT2D eigenvalue weighted by molar-refractivity contribution is 5.78. The van der Waals surface area contributed by atoms with Crippen LogP contribution in [0, 0.1) is 16.0 Å². The normalized spacial score (nSPS) is 11.6. The molecule has 2 aromatic carbocycles. The first kappa shape index (κ1) is 22.0. The van der Waals surface area contributed by atoms with Gasteiger partial charge in [0.25, 0.3) is 5.91 Å². The number of hydrogen-bond donors (Lipinski definition) is 1. The summed E-state index contributed by atoms with van der Waals surface area (Å²) in [6, 6.07) is 11.1. The first-order chi connectivity index (χ1) is 13.8. The summed E-state index contributed by atoms with van der Waals surface area (Å²) in [5.41, 5.74) is 0.646. The van der Waals surface area contributed by atoms with Crippen LogP contribution in [-0.4, -0.2) is 31.2 Å². The third-order valence-electron chi connectivity index (χ3n) is 4.06. The van der Waals surface area contributed by atoms with Crippen molar-refractivity contribution in [3.63, 3.8) is 0 Å². The van der Waals surface area contributed by atoms with E-state index < -0.39 is 10.8 Å². The highest BCUT2D eigenvalue weighted by atomic mass is 16.6. The molecule has 2 rings (SSSR count). The van der Waals surface area contributed by atoms with E-state index in [0.29, 0.717) is 24.0 Å². The average molecular weight is 402 g/mol. The highest BCUT2D eigenvalue weighted by Crippen LogP contribution is 2.31.